The van der Waals surface area contributed by atoms with Gasteiger partial charge in [-0.3, -0.25) is 9.59 Å². The molecule has 0 unspecified atom stereocenters. The van der Waals surface area contributed by atoms with E-state index in [1.807, 2.05) is 0 Å². The predicted molar refractivity (Wildman–Crippen MR) is 98.1 cm³/mol. The van der Waals surface area contributed by atoms with Crippen LogP contribution >= 0.6 is 0 Å². The largest absolute Gasteiger partial charge is 0.497 e. The molecule has 1 aliphatic carbocycles. The zero-order valence-electron chi connectivity index (χ0n) is 15.2. The van der Waals surface area contributed by atoms with E-state index in [0.29, 0.717) is 35.6 Å². The SMILES string of the molecule is COc1ccc(OC)c(NC(=O)C2(C(=O)NCc3ccccc3F)CC2)c1. The molecule has 2 aromatic carbocycles. The molecule has 2 amide bonds. The van der Waals surface area contributed by atoms with E-state index in [-0.39, 0.29) is 6.54 Å². The molecule has 7 heteroatoms. The third-order valence-corrected chi connectivity index (χ3v) is 4.67. The fourth-order valence-corrected chi connectivity index (χ4v) is 2.82. The molecule has 1 aliphatic rings. The Labute approximate surface area is 156 Å². The van der Waals surface area contributed by atoms with Crippen molar-refractivity contribution in [2.24, 2.45) is 5.41 Å². The summed E-state index contributed by atoms with van der Waals surface area (Å²) >= 11 is 0. The summed E-state index contributed by atoms with van der Waals surface area (Å²) < 4.78 is 24.1. The minimum absolute atomic E-state index is 0.0308. The van der Waals surface area contributed by atoms with Crippen molar-refractivity contribution in [3.05, 3.63) is 53.8 Å². The van der Waals surface area contributed by atoms with E-state index in [1.54, 1.807) is 36.4 Å². The van der Waals surface area contributed by atoms with Gasteiger partial charge in [-0.15, -0.1) is 0 Å². The quantitative estimate of drug-likeness (QED) is 0.733. The third-order valence-electron chi connectivity index (χ3n) is 4.67. The minimum Gasteiger partial charge on any atom is -0.497 e. The van der Waals surface area contributed by atoms with Gasteiger partial charge in [0.05, 0.1) is 19.9 Å². The van der Waals surface area contributed by atoms with Gasteiger partial charge < -0.3 is 20.1 Å². The maximum atomic E-state index is 13.7. The first-order valence-corrected chi connectivity index (χ1v) is 8.55. The topological polar surface area (TPSA) is 76.7 Å². The van der Waals surface area contributed by atoms with Crippen LogP contribution in [0.15, 0.2) is 42.5 Å². The average molecular weight is 372 g/mol. The van der Waals surface area contributed by atoms with Gasteiger partial charge >= 0.3 is 0 Å². The van der Waals surface area contributed by atoms with E-state index in [4.69, 9.17) is 9.47 Å². The maximum absolute atomic E-state index is 13.7. The number of hydrogen-bond donors (Lipinski definition) is 2. The second kappa shape index (κ2) is 7.65. The zero-order valence-corrected chi connectivity index (χ0v) is 15.2. The summed E-state index contributed by atoms with van der Waals surface area (Å²) in [6.07, 6.45) is 0.877. The van der Waals surface area contributed by atoms with Crippen LogP contribution in [0.2, 0.25) is 0 Å². The fraction of sp³-hybridized carbons (Fsp3) is 0.300. The Balaban J connectivity index is 1.69. The van der Waals surface area contributed by atoms with E-state index in [9.17, 15) is 14.0 Å². The highest BCUT2D eigenvalue weighted by atomic mass is 19.1. The molecule has 6 nitrogen and oxygen atoms in total. The smallest absolute Gasteiger partial charge is 0.240 e. The first-order valence-electron chi connectivity index (χ1n) is 8.55. The van der Waals surface area contributed by atoms with Crippen LogP contribution in [0.4, 0.5) is 10.1 Å². The summed E-state index contributed by atoms with van der Waals surface area (Å²) in [6, 6.07) is 11.2. The number of halogens is 1. The number of ether oxygens (including phenoxy) is 2. The highest BCUT2D eigenvalue weighted by Gasteiger charge is 2.56. The molecule has 0 bridgehead atoms. The van der Waals surface area contributed by atoms with Gasteiger partial charge in [-0.05, 0) is 31.0 Å². The van der Waals surface area contributed by atoms with Crippen LogP contribution in [0.3, 0.4) is 0 Å². The van der Waals surface area contributed by atoms with Crippen LogP contribution in [0.5, 0.6) is 11.5 Å². The summed E-state index contributed by atoms with van der Waals surface area (Å²) in [5, 5.41) is 5.42. The van der Waals surface area contributed by atoms with E-state index in [0.717, 1.165) is 0 Å². The molecule has 0 aliphatic heterocycles. The van der Waals surface area contributed by atoms with Crippen LogP contribution in [-0.4, -0.2) is 26.0 Å². The van der Waals surface area contributed by atoms with Crippen LogP contribution in [-0.2, 0) is 16.1 Å². The van der Waals surface area contributed by atoms with E-state index < -0.39 is 23.0 Å². The highest BCUT2D eigenvalue weighted by molar-refractivity contribution is 6.13. The Kier molecular flexibility index (Phi) is 5.30. The molecule has 0 saturated heterocycles. The van der Waals surface area contributed by atoms with Gasteiger partial charge in [-0.25, -0.2) is 4.39 Å². The lowest BCUT2D eigenvalue weighted by Crippen LogP contribution is -2.39. The Morgan fingerprint density at radius 1 is 1.07 bits per heavy atom. The van der Waals surface area contributed by atoms with Crippen molar-refractivity contribution in [1.82, 2.24) is 5.32 Å². The van der Waals surface area contributed by atoms with Gasteiger partial charge in [0.15, 0.2) is 0 Å². The Morgan fingerprint density at radius 2 is 1.81 bits per heavy atom. The first kappa shape index (κ1) is 18.7. The van der Waals surface area contributed by atoms with Crippen LogP contribution < -0.4 is 20.1 Å². The molecule has 0 heterocycles. The van der Waals surface area contributed by atoms with Crippen molar-refractivity contribution < 1.29 is 23.5 Å². The van der Waals surface area contributed by atoms with Gasteiger partial charge in [0.25, 0.3) is 0 Å². The number of rotatable bonds is 7. The molecule has 0 radical (unpaired) electrons. The number of anilines is 1. The molecule has 2 aromatic rings. The number of carbonyl (C=O) groups is 2. The summed E-state index contributed by atoms with van der Waals surface area (Å²) in [6.45, 7) is 0.0308. The van der Waals surface area contributed by atoms with Crippen molar-refractivity contribution in [3.8, 4) is 11.5 Å². The van der Waals surface area contributed by atoms with Crippen molar-refractivity contribution in [3.63, 3.8) is 0 Å². The Hall–Kier alpha value is -3.09. The van der Waals surface area contributed by atoms with Gasteiger partial charge in [-0.1, -0.05) is 18.2 Å². The number of amides is 2. The maximum Gasteiger partial charge on any atom is 0.240 e. The lowest BCUT2D eigenvalue weighted by atomic mass is 10.0. The van der Waals surface area contributed by atoms with Crippen LogP contribution in [0.1, 0.15) is 18.4 Å². The van der Waals surface area contributed by atoms with E-state index in [1.165, 1.54) is 20.3 Å². The number of carbonyl (C=O) groups excluding carboxylic acids is 2. The molecule has 3 rings (SSSR count). The molecule has 142 valence electrons. The summed E-state index contributed by atoms with van der Waals surface area (Å²) in [5.74, 6) is -0.204. The number of benzene rings is 2. The standard InChI is InChI=1S/C20H21FN2O4/c1-26-14-7-8-17(27-2)16(11-14)23-19(25)20(9-10-20)18(24)22-12-13-5-3-4-6-15(13)21/h3-8,11H,9-10,12H2,1-2H3,(H,22,24)(H,23,25). The van der Waals surface area contributed by atoms with Gasteiger partial charge in [-0.2, -0.15) is 0 Å². The lowest BCUT2D eigenvalue weighted by Gasteiger charge is -2.17. The molecular weight excluding hydrogens is 351 g/mol. The molecule has 0 aromatic heterocycles. The number of methoxy groups -OCH3 is 2. The van der Waals surface area contributed by atoms with Crippen LogP contribution in [0.25, 0.3) is 0 Å². The lowest BCUT2D eigenvalue weighted by molar-refractivity contribution is -0.134. The van der Waals surface area contributed by atoms with E-state index in [2.05, 4.69) is 10.6 Å². The zero-order chi connectivity index (χ0) is 19.4. The van der Waals surface area contributed by atoms with Gasteiger partial charge in [0.1, 0.15) is 22.7 Å². The third kappa shape index (κ3) is 3.86. The molecule has 1 saturated carbocycles. The van der Waals surface area contributed by atoms with Crippen molar-refractivity contribution in [2.75, 3.05) is 19.5 Å². The Morgan fingerprint density at radius 3 is 2.44 bits per heavy atom. The minimum atomic E-state index is -1.14. The first-order chi connectivity index (χ1) is 13.0. The van der Waals surface area contributed by atoms with Crippen LogP contribution in [0, 0.1) is 11.2 Å². The number of hydrogen-bond acceptors (Lipinski definition) is 4. The molecular formula is C20H21FN2O4. The van der Waals surface area contributed by atoms with Gasteiger partial charge in [0, 0.05) is 18.2 Å². The number of nitrogens with one attached hydrogen (secondary N) is 2. The molecule has 0 spiro atoms. The highest BCUT2D eigenvalue weighted by Crippen LogP contribution is 2.47. The van der Waals surface area contributed by atoms with Gasteiger partial charge in [0.2, 0.25) is 11.8 Å². The van der Waals surface area contributed by atoms with Crippen molar-refractivity contribution >= 4 is 17.5 Å². The summed E-state index contributed by atoms with van der Waals surface area (Å²) in [4.78, 5) is 25.3. The van der Waals surface area contributed by atoms with Crippen molar-refractivity contribution in [2.45, 2.75) is 19.4 Å². The molecule has 1 fully saturated rings. The predicted octanol–water partition coefficient (Wildman–Crippen LogP) is 2.88. The van der Waals surface area contributed by atoms with Crippen molar-refractivity contribution in [1.29, 1.82) is 0 Å². The molecule has 0 atom stereocenters. The molecule has 27 heavy (non-hydrogen) atoms. The van der Waals surface area contributed by atoms with E-state index >= 15 is 0 Å². The summed E-state index contributed by atoms with van der Waals surface area (Å²) in [5.41, 5.74) is -0.342. The monoisotopic (exact) mass is 372 g/mol. The molecule has 2 N–H and O–H groups in total. The Bertz CT molecular complexity index is 865. The average Bonchev–Trinajstić information content (AvgIpc) is 3.49. The normalized spacial score (nSPS) is 14.2. The second-order valence-corrected chi connectivity index (χ2v) is 6.38. The summed E-state index contributed by atoms with van der Waals surface area (Å²) in [7, 11) is 3.01. The second-order valence-electron chi connectivity index (χ2n) is 6.38. The fourth-order valence-electron chi connectivity index (χ4n) is 2.82.